The van der Waals surface area contributed by atoms with Gasteiger partial charge in [0, 0.05) is 16.1 Å². The first kappa shape index (κ1) is 14.6. The molecule has 0 amide bonds. The van der Waals surface area contributed by atoms with Crippen LogP contribution in [0.4, 0.5) is 4.39 Å². The Labute approximate surface area is 144 Å². The normalized spacial score (nSPS) is 11.3. The Morgan fingerprint density at radius 1 is 1.00 bits per heavy atom. The van der Waals surface area contributed by atoms with Gasteiger partial charge < -0.3 is 0 Å². The van der Waals surface area contributed by atoms with Gasteiger partial charge in [-0.2, -0.15) is 9.61 Å². The third-order valence-corrected chi connectivity index (χ3v) is 4.71. The molecule has 0 aliphatic heterocycles. The summed E-state index contributed by atoms with van der Waals surface area (Å²) in [7, 11) is 0. The van der Waals surface area contributed by atoms with Gasteiger partial charge in [0.1, 0.15) is 10.8 Å². The van der Waals surface area contributed by atoms with E-state index in [1.165, 1.54) is 23.5 Å². The molecule has 0 saturated carbocycles. The van der Waals surface area contributed by atoms with Gasteiger partial charge in [0.15, 0.2) is 5.82 Å². The number of halogens is 3. The molecule has 0 atom stereocenters. The molecule has 0 bridgehead atoms. The molecule has 4 aromatic rings. The quantitative estimate of drug-likeness (QED) is 0.504. The summed E-state index contributed by atoms with van der Waals surface area (Å²) in [5, 5.41) is 14.2. The van der Waals surface area contributed by atoms with E-state index in [4.69, 9.17) is 23.2 Å². The van der Waals surface area contributed by atoms with Crippen LogP contribution in [-0.2, 0) is 0 Å². The van der Waals surface area contributed by atoms with Crippen molar-refractivity contribution in [3.05, 3.63) is 58.3 Å². The van der Waals surface area contributed by atoms with Crippen molar-refractivity contribution >= 4 is 39.5 Å². The first-order valence-electron chi connectivity index (χ1n) is 6.55. The van der Waals surface area contributed by atoms with Crippen molar-refractivity contribution in [3.63, 3.8) is 0 Å². The molecule has 0 aliphatic carbocycles. The SMILES string of the molecule is Fc1ccc(-c2nnc3sc(-c4cccc(Cl)c4)nn23)cc1Cl. The van der Waals surface area contributed by atoms with E-state index in [9.17, 15) is 4.39 Å². The summed E-state index contributed by atoms with van der Waals surface area (Å²) >= 11 is 13.2. The Hall–Kier alpha value is -2.02. The molecular weight excluding hydrogens is 358 g/mol. The largest absolute Gasteiger partial charge is 0.235 e. The topological polar surface area (TPSA) is 43.1 Å². The molecule has 114 valence electrons. The maximum atomic E-state index is 13.3. The second-order valence-electron chi connectivity index (χ2n) is 4.76. The summed E-state index contributed by atoms with van der Waals surface area (Å²) in [6.07, 6.45) is 0. The summed E-state index contributed by atoms with van der Waals surface area (Å²) in [6, 6.07) is 11.8. The predicted octanol–water partition coefficient (Wildman–Crippen LogP) is 4.97. The molecule has 2 aromatic carbocycles. The molecule has 0 N–H and O–H groups in total. The summed E-state index contributed by atoms with van der Waals surface area (Å²) in [6.45, 7) is 0. The average molecular weight is 365 g/mol. The molecule has 0 saturated heterocycles. The van der Waals surface area contributed by atoms with E-state index in [0.29, 0.717) is 21.4 Å². The van der Waals surface area contributed by atoms with E-state index < -0.39 is 5.82 Å². The third kappa shape index (κ3) is 2.59. The van der Waals surface area contributed by atoms with Crippen molar-refractivity contribution in [2.45, 2.75) is 0 Å². The van der Waals surface area contributed by atoms with Gasteiger partial charge in [-0.25, -0.2) is 4.39 Å². The average Bonchev–Trinajstić information content (AvgIpc) is 3.10. The number of aromatic nitrogens is 4. The summed E-state index contributed by atoms with van der Waals surface area (Å²) in [5.74, 6) is 0.0282. The minimum Gasteiger partial charge on any atom is -0.205 e. The van der Waals surface area contributed by atoms with Crippen molar-refractivity contribution in [3.8, 4) is 22.0 Å². The number of benzene rings is 2. The molecule has 4 nitrogen and oxygen atoms in total. The molecule has 2 aromatic heterocycles. The van der Waals surface area contributed by atoms with Crippen molar-refractivity contribution < 1.29 is 4.39 Å². The molecule has 8 heteroatoms. The first-order chi connectivity index (χ1) is 11.1. The second-order valence-corrected chi connectivity index (χ2v) is 6.56. The maximum Gasteiger partial charge on any atom is 0.235 e. The van der Waals surface area contributed by atoms with Crippen LogP contribution in [0.25, 0.3) is 26.9 Å². The van der Waals surface area contributed by atoms with Crippen LogP contribution in [-0.4, -0.2) is 19.8 Å². The van der Waals surface area contributed by atoms with E-state index in [2.05, 4.69) is 15.3 Å². The highest BCUT2D eigenvalue weighted by Crippen LogP contribution is 2.30. The molecule has 4 rings (SSSR count). The van der Waals surface area contributed by atoms with Crippen LogP contribution in [0.1, 0.15) is 0 Å². The van der Waals surface area contributed by atoms with Crippen LogP contribution in [0.5, 0.6) is 0 Å². The monoisotopic (exact) mass is 364 g/mol. The molecule has 0 unspecified atom stereocenters. The van der Waals surface area contributed by atoms with E-state index in [-0.39, 0.29) is 5.02 Å². The van der Waals surface area contributed by atoms with Gasteiger partial charge in [-0.3, -0.25) is 0 Å². The van der Waals surface area contributed by atoms with E-state index >= 15 is 0 Å². The van der Waals surface area contributed by atoms with E-state index in [0.717, 1.165) is 10.6 Å². The molecule has 0 radical (unpaired) electrons. The first-order valence-corrected chi connectivity index (χ1v) is 8.13. The van der Waals surface area contributed by atoms with Crippen LogP contribution >= 0.6 is 34.5 Å². The Morgan fingerprint density at radius 2 is 1.87 bits per heavy atom. The zero-order valence-electron chi connectivity index (χ0n) is 11.4. The summed E-state index contributed by atoms with van der Waals surface area (Å²) in [4.78, 5) is 0.635. The number of nitrogens with zero attached hydrogens (tertiary/aromatic N) is 4. The third-order valence-electron chi connectivity index (χ3n) is 3.24. The lowest BCUT2D eigenvalue weighted by Crippen LogP contribution is -1.91. The van der Waals surface area contributed by atoms with E-state index in [1.807, 2.05) is 18.2 Å². The number of fused-ring (bicyclic) bond motifs is 1. The highest BCUT2D eigenvalue weighted by molar-refractivity contribution is 7.19. The van der Waals surface area contributed by atoms with Gasteiger partial charge >= 0.3 is 0 Å². The lowest BCUT2D eigenvalue weighted by molar-refractivity contribution is 0.628. The van der Waals surface area contributed by atoms with Crippen LogP contribution in [0.15, 0.2) is 42.5 Å². The van der Waals surface area contributed by atoms with Crippen molar-refractivity contribution in [1.82, 2.24) is 19.8 Å². The maximum absolute atomic E-state index is 13.3. The predicted molar refractivity (Wildman–Crippen MR) is 89.5 cm³/mol. The fourth-order valence-electron chi connectivity index (χ4n) is 2.17. The number of hydrogen-bond donors (Lipinski definition) is 0. The smallest absolute Gasteiger partial charge is 0.205 e. The minimum atomic E-state index is -0.478. The number of hydrogen-bond acceptors (Lipinski definition) is 4. The molecule has 2 heterocycles. The highest BCUT2D eigenvalue weighted by atomic mass is 35.5. The van der Waals surface area contributed by atoms with Gasteiger partial charge in [-0.1, -0.05) is 46.7 Å². The van der Waals surface area contributed by atoms with Gasteiger partial charge in [-0.15, -0.1) is 10.2 Å². The minimum absolute atomic E-state index is 0.0320. The Morgan fingerprint density at radius 3 is 2.65 bits per heavy atom. The van der Waals surface area contributed by atoms with Crippen LogP contribution in [0, 0.1) is 5.82 Å². The summed E-state index contributed by atoms with van der Waals surface area (Å²) in [5.41, 5.74) is 1.54. The van der Waals surface area contributed by atoms with Crippen LogP contribution < -0.4 is 0 Å². The zero-order valence-corrected chi connectivity index (χ0v) is 13.7. The Bertz CT molecular complexity index is 1030. The Kier molecular flexibility index (Phi) is 3.52. The fraction of sp³-hybridized carbons (Fsp3) is 0. The molecular formula is C15H7Cl2FN4S. The molecule has 23 heavy (non-hydrogen) atoms. The van der Waals surface area contributed by atoms with Crippen molar-refractivity contribution in [1.29, 1.82) is 0 Å². The molecule has 0 spiro atoms. The lowest BCUT2D eigenvalue weighted by atomic mass is 10.2. The summed E-state index contributed by atoms with van der Waals surface area (Å²) < 4.78 is 14.9. The molecule has 0 fully saturated rings. The fourth-order valence-corrected chi connectivity index (χ4v) is 3.38. The van der Waals surface area contributed by atoms with Crippen molar-refractivity contribution in [2.24, 2.45) is 0 Å². The van der Waals surface area contributed by atoms with Crippen molar-refractivity contribution in [2.75, 3.05) is 0 Å². The zero-order chi connectivity index (χ0) is 16.0. The standard InChI is InChI=1S/C15H7Cl2FN4S/c16-10-3-1-2-9(6-10)14-21-22-13(19-20-15(22)23-14)8-4-5-12(18)11(17)7-8/h1-7H. The lowest BCUT2D eigenvalue weighted by Gasteiger charge is -1.99. The van der Waals surface area contributed by atoms with E-state index in [1.54, 1.807) is 16.6 Å². The second kappa shape index (κ2) is 5.56. The van der Waals surface area contributed by atoms with Gasteiger partial charge in [0.05, 0.1) is 5.02 Å². The van der Waals surface area contributed by atoms with Crippen LogP contribution in [0.3, 0.4) is 0 Å². The Balaban J connectivity index is 1.85. The highest BCUT2D eigenvalue weighted by Gasteiger charge is 2.15. The number of rotatable bonds is 2. The molecule has 0 aliphatic rings. The van der Waals surface area contributed by atoms with Gasteiger partial charge in [-0.05, 0) is 30.3 Å². The van der Waals surface area contributed by atoms with Gasteiger partial charge in [0.2, 0.25) is 4.96 Å². The van der Waals surface area contributed by atoms with Gasteiger partial charge in [0.25, 0.3) is 0 Å². The van der Waals surface area contributed by atoms with Crippen LogP contribution in [0.2, 0.25) is 10.0 Å².